The van der Waals surface area contributed by atoms with Gasteiger partial charge in [0.05, 0.1) is 6.10 Å². The molecule has 0 aliphatic carbocycles. The van der Waals surface area contributed by atoms with Crippen LogP contribution in [-0.2, 0) is 9.59 Å². The van der Waals surface area contributed by atoms with Gasteiger partial charge in [0.2, 0.25) is 0 Å². The van der Waals surface area contributed by atoms with Gasteiger partial charge in [-0.25, -0.2) is 4.79 Å². The second-order valence-corrected chi connectivity index (χ2v) is 3.02. The molecule has 4 atom stereocenters. The Morgan fingerprint density at radius 2 is 1.24 bits per heavy atom. The van der Waals surface area contributed by atoms with Gasteiger partial charge in [0.25, 0.3) is 5.97 Å². The zero-order chi connectivity index (χ0) is 13.5. The van der Waals surface area contributed by atoms with Crippen molar-refractivity contribution in [2.45, 2.75) is 38.3 Å². The van der Waals surface area contributed by atoms with Crippen molar-refractivity contribution in [2.24, 2.45) is 0 Å². The molecular weight excluding hydrogens is 247 g/mol. The predicted molar refractivity (Wildman–Crippen MR) is 56.4 cm³/mol. The van der Waals surface area contributed by atoms with Crippen LogP contribution in [0.25, 0.3) is 0 Å². The minimum absolute atomic E-state index is 0. The first-order valence-corrected chi connectivity index (χ1v) is 4.25. The number of hydrogen-bond acceptors (Lipinski definition) is 6. The molecule has 8 nitrogen and oxygen atoms in total. The van der Waals surface area contributed by atoms with Crippen molar-refractivity contribution in [3.63, 3.8) is 0 Å². The van der Waals surface area contributed by atoms with E-state index < -0.39 is 36.4 Å². The van der Waals surface area contributed by atoms with Gasteiger partial charge in [-0.3, -0.25) is 4.79 Å². The first-order chi connectivity index (χ1) is 7.11. The summed E-state index contributed by atoms with van der Waals surface area (Å²) in [5.41, 5.74) is 0. The summed E-state index contributed by atoms with van der Waals surface area (Å²) in [6.45, 7) is 2.25. The molecule has 0 aliphatic heterocycles. The van der Waals surface area contributed by atoms with E-state index in [4.69, 9.17) is 35.4 Å². The third-order valence-electron chi connectivity index (χ3n) is 1.42. The van der Waals surface area contributed by atoms with Gasteiger partial charge in [0, 0.05) is 36.5 Å². The average Bonchev–Trinajstić information content (AvgIpc) is 2.13. The van der Waals surface area contributed by atoms with E-state index in [1.807, 2.05) is 0 Å². The van der Waals surface area contributed by atoms with E-state index in [0.29, 0.717) is 0 Å². The molecule has 0 aliphatic rings. The topological polar surface area (TPSA) is 156 Å². The van der Waals surface area contributed by atoms with Crippen LogP contribution in [0.5, 0.6) is 0 Å². The molecule has 4 unspecified atom stereocenters. The molecule has 0 fully saturated rings. The Morgan fingerprint density at radius 1 is 0.941 bits per heavy atom. The van der Waals surface area contributed by atoms with Crippen LogP contribution in [0.3, 0.4) is 0 Å². The molecule has 1 radical (unpaired) electrons. The third kappa shape index (κ3) is 12.0. The number of aliphatic hydroxyl groups excluding tert-OH is 4. The summed E-state index contributed by atoms with van der Waals surface area (Å²) in [5.74, 6) is -2.48. The fourth-order valence-electron chi connectivity index (χ4n) is 0.618. The Balaban J connectivity index is -0.000000340. The zero-order valence-corrected chi connectivity index (χ0v) is 11.8. The van der Waals surface area contributed by atoms with Gasteiger partial charge in [0.15, 0.2) is 6.10 Å². The summed E-state index contributed by atoms with van der Waals surface area (Å²) in [7, 11) is 0. The summed E-state index contributed by atoms with van der Waals surface area (Å²) in [5, 5.41) is 50.8. The molecule has 17 heavy (non-hydrogen) atoms. The summed E-state index contributed by atoms with van der Waals surface area (Å²) < 4.78 is 0. The number of hydrogen-bond donors (Lipinski definition) is 6. The third-order valence-corrected chi connectivity index (χ3v) is 1.42. The molecule has 0 saturated heterocycles. The van der Waals surface area contributed by atoms with Gasteiger partial charge >= 0.3 is 5.97 Å². The molecular formula is C8H16NaO8. The molecule has 0 saturated carbocycles. The van der Waals surface area contributed by atoms with Crippen molar-refractivity contribution in [1.82, 2.24) is 0 Å². The predicted octanol–water partition coefficient (Wildman–Crippen LogP) is -2.76. The van der Waals surface area contributed by atoms with Gasteiger partial charge in [-0.05, 0) is 6.92 Å². The summed E-state index contributed by atoms with van der Waals surface area (Å²) in [4.78, 5) is 19.1. The normalized spacial score (nSPS) is 16.4. The van der Waals surface area contributed by atoms with E-state index in [0.717, 1.165) is 6.92 Å². The summed E-state index contributed by atoms with van der Waals surface area (Å²) in [6.07, 6.45) is -6.94. The van der Waals surface area contributed by atoms with Gasteiger partial charge in [-0.1, -0.05) is 0 Å². The average molecular weight is 263 g/mol. The van der Waals surface area contributed by atoms with E-state index in [1.54, 1.807) is 0 Å². The zero-order valence-electron chi connectivity index (χ0n) is 9.81. The Bertz CT molecular complexity index is 228. The monoisotopic (exact) mass is 263 g/mol. The number of carboxylic acid groups (broad SMARTS) is 2. The molecule has 0 aromatic carbocycles. The minimum Gasteiger partial charge on any atom is -0.481 e. The summed E-state index contributed by atoms with van der Waals surface area (Å²) in [6, 6.07) is 0. The molecule has 0 amide bonds. The SMILES string of the molecule is CC(=O)O.CC(O)C(O)C(O)C(O)C(=O)O.[Na]. The summed E-state index contributed by atoms with van der Waals surface area (Å²) >= 11 is 0. The van der Waals surface area contributed by atoms with Crippen LogP contribution >= 0.6 is 0 Å². The Hall–Kier alpha value is -0.220. The van der Waals surface area contributed by atoms with Gasteiger partial charge in [-0.15, -0.1) is 0 Å². The van der Waals surface area contributed by atoms with Crippen molar-refractivity contribution >= 4 is 41.5 Å². The Morgan fingerprint density at radius 3 is 1.41 bits per heavy atom. The molecule has 0 heterocycles. The minimum atomic E-state index is -2.09. The largest absolute Gasteiger partial charge is 0.481 e. The second kappa shape index (κ2) is 10.9. The maximum Gasteiger partial charge on any atom is 0.335 e. The molecule has 6 N–H and O–H groups in total. The maximum absolute atomic E-state index is 10.1. The van der Waals surface area contributed by atoms with Crippen LogP contribution in [0.1, 0.15) is 13.8 Å². The van der Waals surface area contributed by atoms with Gasteiger partial charge in [0.1, 0.15) is 12.2 Å². The van der Waals surface area contributed by atoms with Crippen LogP contribution in [0.4, 0.5) is 0 Å². The number of rotatable bonds is 4. The first-order valence-electron chi connectivity index (χ1n) is 4.25. The van der Waals surface area contributed by atoms with Gasteiger partial charge < -0.3 is 30.6 Å². The second-order valence-electron chi connectivity index (χ2n) is 3.02. The number of carboxylic acids is 2. The molecule has 0 spiro atoms. The van der Waals surface area contributed by atoms with E-state index in [1.165, 1.54) is 6.92 Å². The maximum atomic E-state index is 10.1. The van der Waals surface area contributed by atoms with Crippen molar-refractivity contribution in [3.8, 4) is 0 Å². The molecule has 0 rings (SSSR count). The van der Waals surface area contributed by atoms with Crippen LogP contribution in [0.15, 0.2) is 0 Å². The number of carbonyl (C=O) groups is 2. The van der Waals surface area contributed by atoms with Crippen molar-refractivity contribution in [1.29, 1.82) is 0 Å². The van der Waals surface area contributed by atoms with E-state index in [9.17, 15) is 4.79 Å². The number of aliphatic hydroxyl groups is 4. The smallest absolute Gasteiger partial charge is 0.335 e. The van der Waals surface area contributed by atoms with Crippen molar-refractivity contribution < 1.29 is 40.2 Å². The molecule has 9 heteroatoms. The molecule has 0 aromatic heterocycles. The molecule has 97 valence electrons. The molecule has 0 bridgehead atoms. The number of aliphatic carboxylic acids is 2. The van der Waals surface area contributed by atoms with Crippen molar-refractivity contribution in [2.75, 3.05) is 0 Å². The molecule has 0 aromatic rings. The fourth-order valence-corrected chi connectivity index (χ4v) is 0.618. The Kier molecular flexibility index (Phi) is 14.1. The Labute approximate surface area is 120 Å². The van der Waals surface area contributed by atoms with E-state index in [-0.39, 0.29) is 29.6 Å². The van der Waals surface area contributed by atoms with E-state index in [2.05, 4.69) is 0 Å². The van der Waals surface area contributed by atoms with Gasteiger partial charge in [-0.2, -0.15) is 0 Å². The van der Waals surface area contributed by atoms with Crippen LogP contribution in [-0.4, -0.2) is 96.6 Å². The fraction of sp³-hybridized carbons (Fsp3) is 0.750. The standard InChI is InChI=1S/C6H12O6.C2H4O2.Na/c1-2(7)3(8)4(9)5(10)6(11)12;1-2(3)4;/h2-5,7-10H,1H3,(H,11,12);1H3,(H,3,4);. The van der Waals surface area contributed by atoms with Crippen LogP contribution in [0.2, 0.25) is 0 Å². The van der Waals surface area contributed by atoms with Crippen molar-refractivity contribution in [3.05, 3.63) is 0 Å². The first kappa shape index (κ1) is 22.0. The van der Waals surface area contributed by atoms with Crippen LogP contribution < -0.4 is 0 Å². The van der Waals surface area contributed by atoms with E-state index >= 15 is 0 Å². The quantitative estimate of drug-likeness (QED) is 0.298. The van der Waals surface area contributed by atoms with Crippen LogP contribution in [0, 0.1) is 0 Å².